The molecule has 174 valence electrons. The van der Waals surface area contributed by atoms with Gasteiger partial charge >= 0.3 is 17.7 Å². The largest absolute Gasteiger partial charge is 0.444 e. The van der Waals surface area contributed by atoms with Gasteiger partial charge in [-0.05, 0) is 62.9 Å². The van der Waals surface area contributed by atoms with Crippen LogP contribution in [-0.4, -0.2) is 23.7 Å². The minimum atomic E-state index is -0.987. The number of nitrogens with one attached hydrogen (secondary N) is 1. The zero-order chi connectivity index (χ0) is 24.2. The maximum Gasteiger partial charge on any atom is 0.408 e. The van der Waals surface area contributed by atoms with Gasteiger partial charge in [-0.2, -0.15) is 0 Å². The van der Waals surface area contributed by atoms with Crippen LogP contribution < -0.4 is 15.7 Å². The highest BCUT2D eigenvalue weighted by atomic mass is 16.6. The van der Waals surface area contributed by atoms with E-state index in [1.807, 2.05) is 44.2 Å². The van der Waals surface area contributed by atoms with Gasteiger partial charge in [0.2, 0.25) is 0 Å². The quantitative estimate of drug-likeness (QED) is 0.331. The fourth-order valence-electron chi connectivity index (χ4n) is 3.50. The Balaban J connectivity index is 1.95. The van der Waals surface area contributed by atoms with E-state index in [-0.39, 0.29) is 12.2 Å². The van der Waals surface area contributed by atoms with E-state index in [1.165, 1.54) is 6.07 Å². The average Bonchev–Trinajstić information content (AvgIpc) is 2.71. The number of aryl methyl sites for hydroxylation is 2. The highest BCUT2D eigenvalue weighted by Crippen LogP contribution is 2.30. The van der Waals surface area contributed by atoms with Gasteiger partial charge in [0.25, 0.3) is 0 Å². The van der Waals surface area contributed by atoms with Crippen molar-refractivity contribution in [2.24, 2.45) is 0 Å². The third-order valence-electron chi connectivity index (χ3n) is 4.88. The van der Waals surface area contributed by atoms with Gasteiger partial charge in [0.05, 0.1) is 5.39 Å². The van der Waals surface area contributed by atoms with Gasteiger partial charge < -0.3 is 19.2 Å². The lowest BCUT2D eigenvalue weighted by atomic mass is 10.0. The number of hydrogen-bond acceptors (Lipinski definition) is 6. The molecule has 3 rings (SSSR count). The number of amides is 1. The van der Waals surface area contributed by atoms with Gasteiger partial charge in [-0.1, -0.05) is 37.3 Å². The maximum absolute atomic E-state index is 13.3. The fraction of sp³-hybridized carbons (Fsp3) is 0.346. The van der Waals surface area contributed by atoms with Crippen LogP contribution in [-0.2, 0) is 22.4 Å². The molecule has 0 bridgehead atoms. The molecule has 0 aliphatic rings. The van der Waals surface area contributed by atoms with E-state index in [1.54, 1.807) is 32.9 Å². The Morgan fingerprint density at radius 1 is 1.09 bits per heavy atom. The lowest BCUT2D eigenvalue weighted by molar-refractivity contribution is -0.136. The summed E-state index contributed by atoms with van der Waals surface area (Å²) >= 11 is 0. The van der Waals surface area contributed by atoms with Crippen molar-refractivity contribution in [3.8, 4) is 5.75 Å². The number of benzene rings is 2. The smallest absolute Gasteiger partial charge is 0.408 e. The first-order valence-corrected chi connectivity index (χ1v) is 10.9. The van der Waals surface area contributed by atoms with E-state index < -0.39 is 29.3 Å². The second kappa shape index (κ2) is 9.90. The topological polar surface area (TPSA) is 94.8 Å². The summed E-state index contributed by atoms with van der Waals surface area (Å²) in [5, 5.41) is 3.20. The van der Waals surface area contributed by atoms with Gasteiger partial charge in [0.1, 0.15) is 23.0 Å². The Hall–Kier alpha value is -3.61. The second-order valence-corrected chi connectivity index (χ2v) is 8.89. The minimum Gasteiger partial charge on any atom is -0.444 e. The van der Waals surface area contributed by atoms with Gasteiger partial charge in [0, 0.05) is 12.5 Å². The lowest BCUT2D eigenvalue weighted by Crippen LogP contribution is -2.46. The number of hydrogen-bond donors (Lipinski definition) is 1. The van der Waals surface area contributed by atoms with Crippen LogP contribution in [0, 0.1) is 6.92 Å². The SMILES string of the molecule is CCc1cc(=O)oc2cc(C)cc(OC(=O)[C@H](Cc3ccccc3)NC(=O)OC(C)(C)C)c12. The highest BCUT2D eigenvalue weighted by Gasteiger charge is 2.27. The van der Waals surface area contributed by atoms with Crippen LogP contribution in [0.25, 0.3) is 11.0 Å². The summed E-state index contributed by atoms with van der Waals surface area (Å²) in [5.41, 5.74) is 1.50. The number of rotatable bonds is 6. The average molecular weight is 452 g/mol. The summed E-state index contributed by atoms with van der Waals surface area (Å²) in [6.45, 7) is 8.96. The summed E-state index contributed by atoms with van der Waals surface area (Å²) in [4.78, 5) is 37.6. The summed E-state index contributed by atoms with van der Waals surface area (Å²) < 4.78 is 16.5. The van der Waals surface area contributed by atoms with Gasteiger partial charge in [-0.25, -0.2) is 14.4 Å². The lowest BCUT2D eigenvalue weighted by Gasteiger charge is -2.23. The first kappa shape index (κ1) is 24.0. The third kappa shape index (κ3) is 6.44. The molecule has 0 saturated heterocycles. The van der Waals surface area contributed by atoms with Crippen LogP contribution in [0.5, 0.6) is 5.75 Å². The van der Waals surface area contributed by atoms with E-state index in [0.29, 0.717) is 23.0 Å². The first-order chi connectivity index (χ1) is 15.6. The number of ether oxygens (including phenoxy) is 2. The number of fused-ring (bicyclic) bond motifs is 1. The summed E-state index contributed by atoms with van der Waals surface area (Å²) in [5.74, 6) is -0.371. The van der Waals surface area contributed by atoms with E-state index in [9.17, 15) is 14.4 Å². The Kier molecular flexibility index (Phi) is 7.21. The Bertz CT molecular complexity index is 1210. The summed E-state index contributed by atoms with van der Waals surface area (Å²) in [6, 6.07) is 13.2. The molecule has 1 heterocycles. The molecule has 1 N–H and O–H groups in total. The van der Waals surface area contributed by atoms with E-state index in [4.69, 9.17) is 13.9 Å². The standard InChI is InChI=1S/C26H29NO6/c1-6-18-15-22(28)31-20-12-16(2)13-21(23(18)20)32-24(29)19(14-17-10-8-7-9-11-17)27-25(30)33-26(3,4)5/h7-13,15,19H,6,14H2,1-5H3,(H,27,30)/t19-/m0/s1. The molecule has 33 heavy (non-hydrogen) atoms. The van der Waals surface area contributed by atoms with Gasteiger partial charge in [0.15, 0.2) is 0 Å². The van der Waals surface area contributed by atoms with Crippen molar-refractivity contribution >= 4 is 23.0 Å². The van der Waals surface area contributed by atoms with Crippen molar-refractivity contribution in [2.45, 2.75) is 59.1 Å². The van der Waals surface area contributed by atoms with Crippen molar-refractivity contribution in [2.75, 3.05) is 0 Å². The molecule has 0 spiro atoms. The van der Waals surface area contributed by atoms with Crippen molar-refractivity contribution in [3.63, 3.8) is 0 Å². The molecular formula is C26H29NO6. The number of alkyl carbamates (subject to hydrolysis) is 1. The molecular weight excluding hydrogens is 422 g/mol. The molecule has 0 fully saturated rings. The Morgan fingerprint density at radius 2 is 1.79 bits per heavy atom. The number of carbonyl (C=O) groups is 2. The molecule has 1 amide bonds. The Labute approximate surface area is 192 Å². The van der Waals surface area contributed by atoms with Crippen LogP contribution in [0.3, 0.4) is 0 Å². The predicted molar refractivity (Wildman–Crippen MR) is 126 cm³/mol. The molecule has 0 aliphatic carbocycles. The summed E-state index contributed by atoms with van der Waals surface area (Å²) in [6.07, 6.45) is 0.0623. The van der Waals surface area contributed by atoms with E-state index in [0.717, 1.165) is 11.1 Å². The van der Waals surface area contributed by atoms with Crippen molar-refractivity contribution in [1.29, 1.82) is 0 Å². The molecule has 0 aliphatic heterocycles. The molecule has 2 aromatic carbocycles. The molecule has 7 heteroatoms. The van der Waals surface area contributed by atoms with Crippen LogP contribution in [0.2, 0.25) is 0 Å². The van der Waals surface area contributed by atoms with Gasteiger partial charge in [-0.15, -0.1) is 0 Å². The zero-order valence-electron chi connectivity index (χ0n) is 19.6. The van der Waals surface area contributed by atoms with E-state index in [2.05, 4.69) is 5.32 Å². The fourth-order valence-corrected chi connectivity index (χ4v) is 3.50. The molecule has 7 nitrogen and oxygen atoms in total. The van der Waals surface area contributed by atoms with Crippen LogP contribution in [0.1, 0.15) is 44.4 Å². The normalized spacial score (nSPS) is 12.3. The summed E-state index contributed by atoms with van der Waals surface area (Å²) in [7, 11) is 0. The van der Waals surface area contributed by atoms with Crippen molar-refractivity contribution in [3.05, 3.63) is 75.6 Å². The number of esters is 1. The number of carbonyl (C=O) groups excluding carboxylic acids is 2. The highest BCUT2D eigenvalue weighted by molar-refractivity contribution is 5.91. The van der Waals surface area contributed by atoms with Gasteiger partial charge in [-0.3, -0.25) is 0 Å². The molecule has 1 aromatic heterocycles. The maximum atomic E-state index is 13.3. The van der Waals surface area contributed by atoms with Crippen LogP contribution in [0.4, 0.5) is 4.79 Å². The molecule has 0 saturated carbocycles. The van der Waals surface area contributed by atoms with Crippen molar-refractivity contribution < 1.29 is 23.5 Å². The molecule has 0 unspecified atom stereocenters. The minimum absolute atomic E-state index is 0.221. The van der Waals surface area contributed by atoms with Crippen LogP contribution >= 0.6 is 0 Å². The first-order valence-electron chi connectivity index (χ1n) is 10.9. The van der Waals surface area contributed by atoms with Crippen molar-refractivity contribution in [1.82, 2.24) is 5.32 Å². The molecule has 1 atom stereocenters. The monoisotopic (exact) mass is 451 g/mol. The predicted octanol–water partition coefficient (Wildman–Crippen LogP) is 4.71. The Morgan fingerprint density at radius 3 is 2.42 bits per heavy atom. The third-order valence-corrected chi connectivity index (χ3v) is 4.88. The zero-order valence-corrected chi connectivity index (χ0v) is 19.6. The molecule has 0 radical (unpaired) electrons. The second-order valence-electron chi connectivity index (χ2n) is 8.89. The van der Waals surface area contributed by atoms with E-state index >= 15 is 0 Å². The van der Waals surface area contributed by atoms with Crippen LogP contribution in [0.15, 0.2) is 57.7 Å². The molecule has 3 aromatic rings.